The zero-order chi connectivity index (χ0) is 16.4. The molecule has 0 bridgehead atoms. The smallest absolute Gasteiger partial charge is 0.232 e. The van der Waals surface area contributed by atoms with E-state index >= 15 is 0 Å². The number of rotatable bonds is 4. The Labute approximate surface area is 136 Å². The number of nitrogens with one attached hydrogen (secondary N) is 2. The average Bonchev–Trinajstić information content (AvgIpc) is 2.94. The molecule has 3 rings (SSSR count). The van der Waals surface area contributed by atoms with Gasteiger partial charge in [0.2, 0.25) is 5.91 Å². The van der Waals surface area contributed by atoms with Crippen molar-refractivity contribution in [1.82, 2.24) is 5.32 Å². The van der Waals surface area contributed by atoms with E-state index in [2.05, 4.69) is 10.6 Å². The monoisotopic (exact) mass is 320 g/mol. The number of hydrogen-bond donors (Lipinski definition) is 2. The third kappa shape index (κ3) is 3.20. The molecular formula is C18H25FN2O2. The fourth-order valence-electron chi connectivity index (χ4n) is 3.88. The molecular weight excluding hydrogens is 295 g/mol. The minimum Gasteiger partial charge on any atom is -0.491 e. The molecule has 2 N–H and O–H groups in total. The summed E-state index contributed by atoms with van der Waals surface area (Å²) in [6.07, 6.45) is 4.18. The number of benzene rings is 1. The molecule has 1 heterocycles. The summed E-state index contributed by atoms with van der Waals surface area (Å²) in [4.78, 5) is 12.8. The molecule has 23 heavy (non-hydrogen) atoms. The second-order valence-corrected chi connectivity index (χ2v) is 6.99. The molecule has 1 aromatic carbocycles. The van der Waals surface area contributed by atoms with Gasteiger partial charge >= 0.3 is 0 Å². The first kappa shape index (κ1) is 16.2. The van der Waals surface area contributed by atoms with Crippen LogP contribution in [0.3, 0.4) is 0 Å². The van der Waals surface area contributed by atoms with Gasteiger partial charge in [-0.3, -0.25) is 4.79 Å². The zero-order valence-electron chi connectivity index (χ0n) is 13.8. The fourth-order valence-corrected chi connectivity index (χ4v) is 3.88. The van der Waals surface area contributed by atoms with E-state index < -0.39 is 5.82 Å². The number of carbonyl (C=O) groups is 1. The predicted octanol–water partition coefficient (Wildman–Crippen LogP) is 3.33. The number of carbonyl (C=O) groups excluding carboxylic acids is 1. The molecule has 5 heteroatoms. The van der Waals surface area contributed by atoms with Gasteiger partial charge in [0, 0.05) is 12.6 Å². The summed E-state index contributed by atoms with van der Waals surface area (Å²) in [5.41, 5.74) is -0.144. The number of ether oxygens (including phenoxy) is 1. The van der Waals surface area contributed by atoms with Gasteiger partial charge in [-0.1, -0.05) is 12.8 Å². The van der Waals surface area contributed by atoms with Crippen LogP contribution in [0.4, 0.5) is 10.1 Å². The maximum absolute atomic E-state index is 14.3. The lowest BCUT2D eigenvalue weighted by Gasteiger charge is -2.37. The lowest BCUT2D eigenvalue weighted by molar-refractivity contribution is -0.128. The van der Waals surface area contributed by atoms with Crippen molar-refractivity contribution in [2.24, 2.45) is 11.3 Å². The molecule has 4 nitrogen and oxygen atoms in total. The molecule has 0 spiro atoms. The third-order valence-electron chi connectivity index (χ3n) is 5.05. The van der Waals surface area contributed by atoms with Crippen molar-refractivity contribution in [3.63, 3.8) is 0 Å². The molecule has 1 amide bonds. The van der Waals surface area contributed by atoms with E-state index in [1.54, 1.807) is 12.1 Å². The topological polar surface area (TPSA) is 50.4 Å². The summed E-state index contributed by atoms with van der Waals surface area (Å²) in [7, 11) is 0. The SMILES string of the molecule is CC(C)Oc1ccc(NC(=O)[C@@]23CCCC[C@H]2CNC3)c(F)c1. The largest absolute Gasteiger partial charge is 0.491 e. The molecule has 2 aliphatic rings. The molecule has 1 aliphatic carbocycles. The number of fused-ring (bicyclic) bond motifs is 1. The van der Waals surface area contributed by atoms with Crippen LogP contribution in [0.5, 0.6) is 5.75 Å². The van der Waals surface area contributed by atoms with E-state index in [0.717, 1.165) is 25.8 Å². The van der Waals surface area contributed by atoms with Crippen LogP contribution >= 0.6 is 0 Å². The van der Waals surface area contributed by atoms with Crippen molar-refractivity contribution in [2.45, 2.75) is 45.6 Å². The van der Waals surface area contributed by atoms with Gasteiger partial charge in [-0.05, 0) is 51.3 Å². The van der Waals surface area contributed by atoms with E-state index in [1.165, 1.54) is 12.5 Å². The van der Waals surface area contributed by atoms with Gasteiger partial charge in [0.25, 0.3) is 0 Å². The Balaban J connectivity index is 1.75. The van der Waals surface area contributed by atoms with Crippen LogP contribution in [0.15, 0.2) is 18.2 Å². The Morgan fingerprint density at radius 3 is 3.00 bits per heavy atom. The second-order valence-electron chi connectivity index (χ2n) is 6.99. The van der Waals surface area contributed by atoms with E-state index in [9.17, 15) is 9.18 Å². The van der Waals surface area contributed by atoms with Crippen molar-refractivity contribution >= 4 is 11.6 Å². The van der Waals surface area contributed by atoms with E-state index in [1.807, 2.05) is 13.8 Å². The van der Waals surface area contributed by atoms with E-state index in [0.29, 0.717) is 18.2 Å². The summed E-state index contributed by atoms with van der Waals surface area (Å²) in [6, 6.07) is 4.61. The lowest BCUT2D eigenvalue weighted by atomic mass is 9.67. The van der Waals surface area contributed by atoms with Crippen LogP contribution in [0.1, 0.15) is 39.5 Å². The molecule has 0 aromatic heterocycles. The summed E-state index contributed by atoms with van der Waals surface area (Å²) in [5.74, 6) is 0.337. The summed E-state index contributed by atoms with van der Waals surface area (Å²) in [6.45, 7) is 5.36. The number of halogens is 1. The molecule has 0 unspecified atom stereocenters. The van der Waals surface area contributed by atoms with Crippen molar-refractivity contribution in [2.75, 3.05) is 18.4 Å². The quantitative estimate of drug-likeness (QED) is 0.894. The van der Waals surface area contributed by atoms with Gasteiger partial charge in [0.15, 0.2) is 0 Å². The minimum atomic E-state index is -0.453. The maximum atomic E-state index is 14.3. The van der Waals surface area contributed by atoms with Crippen molar-refractivity contribution in [1.29, 1.82) is 0 Å². The number of anilines is 1. The van der Waals surface area contributed by atoms with Crippen LogP contribution in [0, 0.1) is 17.2 Å². The molecule has 2 atom stereocenters. The van der Waals surface area contributed by atoms with Crippen LogP contribution in [-0.2, 0) is 4.79 Å². The third-order valence-corrected chi connectivity index (χ3v) is 5.05. The first-order chi connectivity index (χ1) is 11.0. The van der Waals surface area contributed by atoms with Gasteiger partial charge in [-0.2, -0.15) is 0 Å². The highest BCUT2D eigenvalue weighted by molar-refractivity contribution is 5.96. The Kier molecular flexibility index (Phi) is 4.57. The van der Waals surface area contributed by atoms with Crippen molar-refractivity contribution < 1.29 is 13.9 Å². The highest BCUT2D eigenvalue weighted by Gasteiger charge is 2.49. The molecule has 0 radical (unpaired) electrons. The van der Waals surface area contributed by atoms with Crippen molar-refractivity contribution in [3.8, 4) is 5.75 Å². The van der Waals surface area contributed by atoms with Gasteiger partial charge in [0.1, 0.15) is 11.6 Å². The molecule has 2 fully saturated rings. The molecule has 1 aliphatic heterocycles. The van der Waals surface area contributed by atoms with Gasteiger partial charge < -0.3 is 15.4 Å². The Morgan fingerprint density at radius 1 is 1.43 bits per heavy atom. The highest BCUT2D eigenvalue weighted by Crippen LogP contribution is 2.44. The Bertz CT molecular complexity index is 590. The van der Waals surface area contributed by atoms with E-state index in [4.69, 9.17) is 4.74 Å². The van der Waals surface area contributed by atoms with Crippen LogP contribution in [-0.4, -0.2) is 25.1 Å². The molecule has 1 saturated heterocycles. The zero-order valence-corrected chi connectivity index (χ0v) is 13.8. The van der Waals surface area contributed by atoms with Gasteiger partial charge in [-0.25, -0.2) is 4.39 Å². The molecule has 126 valence electrons. The highest BCUT2D eigenvalue weighted by atomic mass is 19.1. The Morgan fingerprint density at radius 2 is 2.26 bits per heavy atom. The summed E-state index contributed by atoms with van der Waals surface area (Å²) >= 11 is 0. The lowest BCUT2D eigenvalue weighted by Crippen LogP contribution is -2.44. The normalized spacial score (nSPS) is 26.9. The number of amides is 1. The summed E-state index contributed by atoms with van der Waals surface area (Å²) < 4.78 is 19.7. The van der Waals surface area contributed by atoms with E-state index in [-0.39, 0.29) is 23.1 Å². The fraction of sp³-hybridized carbons (Fsp3) is 0.611. The Hall–Kier alpha value is -1.62. The minimum absolute atomic E-state index is 0.0127. The molecule has 1 saturated carbocycles. The first-order valence-electron chi connectivity index (χ1n) is 8.50. The van der Waals surface area contributed by atoms with Crippen LogP contribution < -0.4 is 15.4 Å². The van der Waals surface area contributed by atoms with Gasteiger partial charge in [0.05, 0.1) is 17.2 Å². The number of hydrogen-bond acceptors (Lipinski definition) is 3. The van der Waals surface area contributed by atoms with Crippen LogP contribution in [0.2, 0.25) is 0 Å². The molecule has 1 aromatic rings. The second kappa shape index (κ2) is 6.48. The van der Waals surface area contributed by atoms with Crippen molar-refractivity contribution in [3.05, 3.63) is 24.0 Å². The summed E-state index contributed by atoms with van der Waals surface area (Å²) in [5, 5.41) is 6.16. The maximum Gasteiger partial charge on any atom is 0.232 e. The predicted molar refractivity (Wildman–Crippen MR) is 88.1 cm³/mol. The van der Waals surface area contributed by atoms with Crippen LogP contribution in [0.25, 0.3) is 0 Å². The van der Waals surface area contributed by atoms with Gasteiger partial charge in [-0.15, -0.1) is 0 Å². The standard InChI is InChI=1S/C18H25FN2O2/c1-12(2)23-14-6-7-16(15(19)9-14)21-17(22)18-8-4-3-5-13(18)10-20-11-18/h6-7,9,12-13,20H,3-5,8,10-11H2,1-2H3,(H,21,22)/t13-,18+/m0/s1. The average molecular weight is 320 g/mol. The first-order valence-corrected chi connectivity index (χ1v) is 8.50.